The number of amides is 1. The Bertz CT molecular complexity index is 1300. The molecule has 1 unspecified atom stereocenters. The topological polar surface area (TPSA) is 98.0 Å². The Morgan fingerprint density at radius 1 is 1.18 bits per heavy atom. The van der Waals surface area contributed by atoms with Gasteiger partial charge in [0.2, 0.25) is 0 Å². The number of hydrogen-bond acceptors (Lipinski definition) is 5. The van der Waals surface area contributed by atoms with Gasteiger partial charge >= 0.3 is 0 Å². The van der Waals surface area contributed by atoms with E-state index in [2.05, 4.69) is 28.0 Å². The summed E-state index contributed by atoms with van der Waals surface area (Å²) in [6.07, 6.45) is 5.72. The predicted molar refractivity (Wildman–Crippen MR) is 124 cm³/mol. The average molecular weight is 443 g/mol. The molecule has 2 aromatic heterocycles. The van der Waals surface area contributed by atoms with Crippen molar-refractivity contribution in [3.05, 3.63) is 69.8 Å². The van der Waals surface area contributed by atoms with Gasteiger partial charge in [-0.05, 0) is 62.1 Å². The minimum atomic E-state index is -0.237. The Morgan fingerprint density at radius 3 is 2.64 bits per heavy atom. The molecule has 1 aliphatic heterocycles. The molecule has 1 saturated heterocycles. The molecule has 1 aliphatic carbocycles. The number of carbonyl (C=O) groups is 1. The first kappa shape index (κ1) is 21.2. The van der Waals surface area contributed by atoms with Crippen molar-refractivity contribution in [3.63, 3.8) is 0 Å². The van der Waals surface area contributed by atoms with Crippen LogP contribution in [-0.2, 0) is 0 Å². The molecule has 2 fully saturated rings. The molecule has 1 aromatic carbocycles. The molecular formula is C25H26N6O2. The van der Waals surface area contributed by atoms with Gasteiger partial charge in [-0.25, -0.2) is 9.67 Å². The molecule has 5 rings (SSSR count). The second kappa shape index (κ2) is 8.34. The number of carbonyl (C=O) groups excluding carboxylic acids is 1. The monoisotopic (exact) mass is 442 g/mol. The first-order valence-corrected chi connectivity index (χ1v) is 11.3. The number of piperazine rings is 1. The average Bonchev–Trinajstić information content (AvgIpc) is 3.60. The van der Waals surface area contributed by atoms with Gasteiger partial charge in [0, 0.05) is 44.1 Å². The Morgan fingerprint density at radius 2 is 2.00 bits per heavy atom. The lowest BCUT2D eigenvalue weighted by molar-refractivity contribution is 0.0493. The van der Waals surface area contributed by atoms with Gasteiger partial charge in [0.1, 0.15) is 0 Å². The number of rotatable bonds is 4. The van der Waals surface area contributed by atoms with Gasteiger partial charge in [-0.1, -0.05) is 6.07 Å². The molecule has 8 heteroatoms. The first-order chi connectivity index (χ1) is 16.0. The number of nitrogens with one attached hydrogen (secondary N) is 1. The van der Waals surface area contributed by atoms with E-state index in [9.17, 15) is 9.59 Å². The zero-order valence-corrected chi connectivity index (χ0v) is 18.8. The van der Waals surface area contributed by atoms with E-state index in [1.807, 2.05) is 11.8 Å². The van der Waals surface area contributed by atoms with Crippen LogP contribution in [0.15, 0.2) is 47.5 Å². The van der Waals surface area contributed by atoms with Gasteiger partial charge < -0.3 is 4.90 Å². The molecule has 168 valence electrons. The maximum absolute atomic E-state index is 13.0. The van der Waals surface area contributed by atoms with Gasteiger partial charge in [0.05, 0.1) is 22.8 Å². The van der Waals surface area contributed by atoms with Crippen LogP contribution in [0.25, 0.3) is 16.9 Å². The number of benzene rings is 1. The number of hydrogen-bond donors (Lipinski definition) is 1. The lowest BCUT2D eigenvalue weighted by atomic mass is 10.0. The summed E-state index contributed by atoms with van der Waals surface area (Å²) >= 11 is 0. The molecular weight excluding hydrogens is 416 g/mol. The van der Waals surface area contributed by atoms with Gasteiger partial charge in [-0.15, -0.1) is 0 Å². The fourth-order valence-corrected chi connectivity index (χ4v) is 4.70. The summed E-state index contributed by atoms with van der Waals surface area (Å²) in [5.41, 5.74) is 2.95. The molecule has 33 heavy (non-hydrogen) atoms. The van der Waals surface area contributed by atoms with Crippen molar-refractivity contribution < 1.29 is 4.79 Å². The van der Waals surface area contributed by atoms with E-state index in [0.29, 0.717) is 34.6 Å². The van der Waals surface area contributed by atoms with Crippen LogP contribution in [0.1, 0.15) is 41.3 Å². The second-order valence-corrected chi connectivity index (χ2v) is 8.94. The zero-order chi connectivity index (χ0) is 23.1. The summed E-state index contributed by atoms with van der Waals surface area (Å²) in [6.45, 7) is 6.42. The minimum absolute atomic E-state index is 0.0240. The quantitative estimate of drug-likeness (QED) is 0.670. The maximum atomic E-state index is 13.0. The van der Waals surface area contributed by atoms with Crippen LogP contribution in [0.5, 0.6) is 0 Å². The molecule has 2 aliphatic rings. The number of aromatic nitrogens is 3. The Hall–Kier alpha value is -3.70. The molecule has 3 aromatic rings. The van der Waals surface area contributed by atoms with Crippen LogP contribution < -0.4 is 5.56 Å². The van der Waals surface area contributed by atoms with E-state index >= 15 is 0 Å². The highest BCUT2D eigenvalue weighted by molar-refractivity contribution is 5.94. The summed E-state index contributed by atoms with van der Waals surface area (Å²) in [4.78, 5) is 34.8. The summed E-state index contributed by atoms with van der Waals surface area (Å²) in [5.74, 6) is 0.394. The minimum Gasteiger partial charge on any atom is -0.336 e. The van der Waals surface area contributed by atoms with Gasteiger partial charge in [0.25, 0.3) is 11.5 Å². The third-order valence-electron chi connectivity index (χ3n) is 6.62. The lowest BCUT2D eigenvalue weighted by Crippen LogP contribution is -2.54. The van der Waals surface area contributed by atoms with Crippen LogP contribution in [0.3, 0.4) is 0 Å². The third-order valence-corrected chi connectivity index (χ3v) is 6.62. The van der Waals surface area contributed by atoms with Crippen molar-refractivity contribution in [2.75, 3.05) is 19.6 Å². The fraction of sp³-hybridized carbons (Fsp3) is 0.360. The maximum Gasteiger partial charge on any atom is 0.280 e. The highest BCUT2D eigenvalue weighted by atomic mass is 16.2. The summed E-state index contributed by atoms with van der Waals surface area (Å²) in [6, 6.07) is 11.8. The Balaban J connectivity index is 1.33. The molecule has 1 saturated carbocycles. The molecule has 3 heterocycles. The van der Waals surface area contributed by atoms with E-state index < -0.39 is 0 Å². The number of nitrogens with zero attached hydrogens (tertiary/aromatic N) is 5. The number of H-pyrrole nitrogens is 1. The van der Waals surface area contributed by atoms with Crippen molar-refractivity contribution in [2.45, 2.75) is 38.8 Å². The van der Waals surface area contributed by atoms with Crippen LogP contribution in [0.2, 0.25) is 0 Å². The largest absolute Gasteiger partial charge is 0.336 e. The van der Waals surface area contributed by atoms with Crippen molar-refractivity contribution in [2.24, 2.45) is 0 Å². The summed E-state index contributed by atoms with van der Waals surface area (Å²) < 4.78 is 1.36. The zero-order valence-electron chi connectivity index (χ0n) is 18.8. The number of aryl methyl sites for hydroxylation is 1. The second-order valence-electron chi connectivity index (χ2n) is 8.94. The lowest BCUT2D eigenvalue weighted by Gasteiger charge is -2.40. The van der Waals surface area contributed by atoms with Crippen molar-refractivity contribution in [1.29, 1.82) is 5.26 Å². The van der Waals surface area contributed by atoms with Crippen LogP contribution in [0.4, 0.5) is 0 Å². The van der Waals surface area contributed by atoms with Gasteiger partial charge in [0.15, 0.2) is 5.82 Å². The first-order valence-electron chi connectivity index (χ1n) is 11.3. The van der Waals surface area contributed by atoms with E-state index in [4.69, 9.17) is 5.26 Å². The van der Waals surface area contributed by atoms with Crippen LogP contribution >= 0.6 is 0 Å². The van der Waals surface area contributed by atoms with Crippen molar-refractivity contribution in [3.8, 4) is 23.0 Å². The summed E-state index contributed by atoms with van der Waals surface area (Å²) in [7, 11) is 0. The van der Waals surface area contributed by atoms with E-state index in [0.717, 1.165) is 30.8 Å². The molecule has 1 amide bonds. The SMILES string of the molecule is Cc1cc(C#N)ccc1-c1c[nH]n(-c2ccc(C(=O)N3CCN(C4CC4)C(C)C3)cn2)c1=O. The normalized spacial score (nSPS) is 18.8. The molecule has 1 atom stereocenters. The molecule has 0 spiro atoms. The smallest absolute Gasteiger partial charge is 0.280 e. The Kier molecular flexibility index (Phi) is 5.35. The standard InChI is InChI=1S/C25H26N6O2/c1-16-11-18(12-26)3-7-21(16)22-14-28-31(25(22)33)23-8-4-19(13-27-23)24(32)29-9-10-30(17(2)15-29)20-5-6-20/h3-4,7-8,11,13-14,17,20,28H,5-6,9-10,15H2,1-2H3. The highest BCUT2D eigenvalue weighted by Crippen LogP contribution is 2.30. The van der Waals surface area contributed by atoms with E-state index in [-0.39, 0.29) is 11.5 Å². The molecule has 8 nitrogen and oxygen atoms in total. The third kappa shape index (κ3) is 3.96. The highest BCUT2D eigenvalue weighted by Gasteiger charge is 2.36. The van der Waals surface area contributed by atoms with Crippen LogP contribution in [0, 0.1) is 18.3 Å². The van der Waals surface area contributed by atoms with Crippen molar-refractivity contribution >= 4 is 5.91 Å². The number of aromatic amines is 1. The molecule has 0 bridgehead atoms. The number of pyridine rings is 1. The molecule has 1 N–H and O–H groups in total. The van der Waals surface area contributed by atoms with Crippen molar-refractivity contribution in [1.82, 2.24) is 24.6 Å². The predicted octanol–water partition coefficient (Wildman–Crippen LogP) is 2.72. The van der Waals surface area contributed by atoms with E-state index in [1.54, 1.807) is 36.5 Å². The summed E-state index contributed by atoms with van der Waals surface area (Å²) in [5, 5.41) is 12.0. The fourth-order valence-electron chi connectivity index (χ4n) is 4.70. The number of nitriles is 1. The van der Waals surface area contributed by atoms with Crippen LogP contribution in [-0.4, -0.2) is 62.2 Å². The van der Waals surface area contributed by atoms with Gasteiger partial charge in [-0.3, -0.25) is 19.6 Å². The Labute approximate surface area is 192 Å². The van der Waals surface area contributed by atoms with E-state index in [1.165, 1.54) is 23.7 Å². The molecule has 0 radical (unpaired) electrons. The van der Waals surface area contributed by atoms with Gasteiger partial charge in [-0.2, -0.15) is 5.26 Å².